The smallest absolute Gasteiger partial charge is 0.0653 e. The van der Waals surface area contributed by atoms with Gasteiger partial charge in [0.25, 0.3) is 0 Å². The summed E-state index contributed by atoms with van der Waals surface area (Å²) in [4.78, 5) is 0. The first kappa shape index (κ1) is 10.1. The summed E-state index contributed by atoms with van der Waals surface area (Å²) in [6, 6.07) is 8.43. The fraction of sp³-hybridized carbons (Fsp3) is 0.455. The van der Waals surface area contributed by atoms with Gasteiger partial charge in [0.1, 0.15) is 0 Å². The summed E-state index contributed by atoms with van der Waals surface area (Å²) < 4.78 is 0. The standard InChI is InChI=1S/C11H18N2/c1-3-8-12-9-13-11-6-4-10(2)5-7-11/h4-7,12-13H,3,8-9H2,1-2H3. The molecule has 0 saturated carbocycles. The molecule has 13 heavy (non-hydrogen) atoms. The molecule has 0 saturated heterocycles. The molecule has 1 rings (SSSR count). The average Bonchev–Trinajstić information content (AvgIpc) is 2.15. The van der Waals surface area contributed by atoms with Crippen molar-refractivity contribution < 1.29 is 0 Å². The fourth-order valence-electron chi connectivity index (χ4n) is 1.10. The van der Waals surface area contributed by atoms with Crippen LogP contribution in [0.2, 0.25) is 0 Å². The molecule has 2 heteroatoms. The zero-order valence-electron chi connectivity index (χ0n) is 8.43. The zero-order chi connectivity index (χ0) is 9.52. The molecule has 0 aromatic heterocycles. The van der Waals surface area contributed by atoms with Gasteiger partial charge in [0.2, 0.25) is 0 Å². The third kappa shape index (κ3) is 3.95. The van der Waals surface area contributed by atoms with E-state index in [4.69, 9.17) is 0 Å². The Hall–Kier alpha value is -1.02. The number of nitrogens with one attached hydrogen (secondary N) is 2. The van der Waals surface area contributed by atoms with E-state index >= 15 is 0 Å². The highest BCUT2D eigenvalue weighted by molar-refractivity contribution is 5.44. The van der Waals surface area contributed by atoms with Gasteiger partial charge in [-0.05, 0) is 32.0 Å². The van der Waals surface area contributed by atoms with Crippen molar-refractivity contribution in [1.29, 1.82) is 0 Å². The van der Waals surface area contributed by atoms with Gasteiger partial charge < -0.3 is 10.6 Å². The van der Waals surface area contributed by atoms with Gasteiger partial charge in [-0.1, -0.05) is 24.6 Å². The van der Waals surface area contributed by atoms with Crippen LogP contribution < -0.4 is 10.6 Å². The molecule has 0 aliphatic rings. The van der Waals surface area contributed by atoms with E-state index in [1.807, 2.05) is 0 Å². The minimum Gasteiger partial charge on any atom is -0.372 e. The van der Waals surface area contributed by atoms with E-state index in [0.717, 1.165) is 13.2 Å². The summed E-state index contributed by atoms with van der Waals surface area (Å²) in [6.07, 6.45) is 1.18. The van der Waals surface area contributed by atoms with Crippen molar-refractivity contribution in [2.24, 2.45) is 0 Å². The van der Waals surface area contributed by atoms with E-state index in [1.54, 1.807) is 0 Å². The third-order valence-electron chi connectivity index (χ3n) is 1.90. The van der Waals surface area contributed by atoms with Gasteiger partial charge in [0.05, 0.1) is 6.67 Å². The second kappa shape index (κ2) is 5.60. The van der Waals surface area contributed by atoms with Crippen molar-refractivity contribution in [3.05, 3.63) is 29.8 Å². The second-order valence-corrected chi connectivity index (χ2v) is 3.22. The molecule has 0 aliphatic carbocycles. The monoisotopic (exact) mass is 178 g/mol. The minimum atomic E-state index is 0.844. The molecular formula is C11H18N2. The molecule has 72 valence electrons. The summed E-state index contributed by atoms with van der Waals surface area (Å²) in [6.45, 7) is 6.17. The summed E-state index contributed by atoms with van der Waals surface area (Å²) >= 11 is 0. The first-order chi connectivity index (χ1) is 6.33. The summed E-state index contributed by atoms with van der Waals surface area (Å²) in [5.41, 5.74) is 2.47. The highest BCUT2D eigenvalue weighted by Crippen LogP contribution is 2.07. The van der Waals surface area contributed by atoms with E-state index in [2.05, 4.69) is 48.7 Å². The van der Waals surface area contributed by atoms with E-state index < -0.39 is 0 Å². The molecule has 0 unspecified atom stereocenters. The maximum absolute atomic E-state index is 3.30. The van der Waals surface area contributed by atoms with Crippen LogP contribution >= 0.6 is 0 Å². The first-order valence-corrected chi connectivity index (χ1v) is 4.84. The van der Waals surface area contributed by atoms with Crippen LogP contribution in [0.3, 0.4) is 0 Å². The number of hydrogen-bond acceptors (Lipinski definition) is 2. The Balaban J connectivity index is 2.25. The van der Waals surface area contributed by atoms with Crippen LogP contribution in [0.25, 0.3) is 0 Å². The van der Waals surface area contributed by atoms with Crippen molar-refractivity contribution in [1.82, 2.24) is 5.32 Å². The van der Waals surface area contributed by atoms with Crippen molar-refractivity contribution in [2.75, 3.05) is 18.5 Å². The molecule has 0 radical (unpaired) electrons. The molecular weight excluding hydrogens is 160 g/mol. The van der Waals surface area contributed by atoms with Crippen molar-refractivity contribution in [2.45, 2.75) is 20.3 Å². The largest absolute Gasteiger partial charge is 0.372 e. The normalized spacial score (nSPS) is 10.0. The molecule has 0 spiro atoms. The summed E-state index contributed by atoms with van der Waals surface area (Å²) in [5, 5.41) is 6.58. The predicted octanol–water partition coefficient (Wildman–Crippen LogP) is 2.36. The zero-order valence-corrected chi connectivity index (χ0v) is 8.43. The number of anilines is 1. The third-order valence-corrected chi connectivity index (χ3v) is 1.90. The van der Waals surface area contributed by atoms with Gasteiger partial charge in [-0.25, -0.2) is 0 Å². The van der Waals surface area contributed by atoms with Crippen molar-refractivity contribution in [3.63, 3.8) is 0 Å². The van der Waals surface area contributed by atoms with Crippen LogP contribution in [-0.2, 0) is 0 Å². The van der Waals surface area contributed by atoms with Crippen LogP contribution in [0.1, 0.15) is 18.9 Å². The molecule has 0 amide bonds. The molecule has 0 atom stereocenters. The molecule has 0 heterocycles. The topological polar surface area (TPSA) is 24.1 Å². The fourth-order valence-corrected chi connectivity index (χ4v) is 1.10. The molecule has 1 aromatic carbocycles. The lowest BCUT2D eigenvalue weighted by molar-refractivity contribution is 0.710. The molecule has 0 bridgehead atoms. The Kier molecular flexibility index (Phi) is 4.33. The lowest BCUT2D eigenvalue weighted by atomic mass is 10.2. The van der Waals surface area contributed by atoms with E-state index in [9.17, 15) is 0 Å². The highest BCUT2D eigenvalue weighted by Gasteiger charge is 1.89. The maximum Gasteiger partial charge on any atom is 0.0653 e. The van der Waals surface area contributed by atoms with Gasteiger partial charge in [0, 0.05) is 5.69 Å². The van der Waals surface area contributed by atoms with Crippen LogP contribution in [0.15, 0.2) is 24.3 Å². The molecule has 1 aromatic rings. The Morgan fingerprint density at radius 2 is 1.85 bits per heavy atom. The lowest BCUT2D eigenvalue weighted by Crippen LogP contribution is -2.22. The summed E-state index contributed by atoms with van der Waals surface area (Å²) in [7, 11) is 0. The molecule has 0 fully saturated rings. The number of aryl methyl sites for hydroxylation is 1. The quantitative estimate of drug-likeness (QED) is 0.534. The Labute approximate surface area is 80.4 Å². The van der Waals surface area contributed by atoms with Crippen LogP contribution in [-0.4, -0.2) is 13.2 Å². The van der Waals surface area contributed by atoms with Gasteiger partial charge in [-0.3, -0.25) is 0 Å². The molecule has 2 N–H and O–H groups in total. The van der Waals surface area contributed by atoms with E-state index in [-0.39, 0.29) is 0 Å². The number of hydrogen-bond donors (Lipinski definition) is 2. The lowest BCUT2D eigenvalue weighted by Gasteiger charge is -2.07. The Morgan fingerprint density at radius 3 is 2.46 bits per heavy atom. The summed E-state index contributed by atoms with van der Waals surface area (Å²) in [5.74, 6) is 0. The molecule has 0 aliphatic heterocycles. The highest BCUT2D eigenvalue weighted by atomic mass is 15.1. The van der Waals surface area contributed by atoms with Gasteiger partial charge in [-0.15, -0.1) is 0 Å². The Morgan fingerprint density at radius 1 is 1.15 bits per heavy atom. The minimum absolute atomic E-state index is 0.844. The van der Waals surface area contributed by atoms with E-state index in [1.165, 1.54) is 17.7 Å². The van der Waals surface area contributed by atoms with Gasteiger partial charge >= 0.3 is 0 Å². The van der Waals surface area contributed by atoms with Gasteiger partial charge in [-0.2, -0.15) is 0 Å². The van der Waals surface area contributed by atoms with Gasteiger partial charge in [0.15, 0.2) is 0 Å². The van der Waals surface area contributed by atoms with E-state index in [0.29, 0.717) is 0 Å². The molecule has 2 nitrogen and oxygen atoms in total. The first-order valence-electron chi connectivity index (χ1n) is 4.84. The van der Waals surface area contributed by atoms with Crippen LogP contribution in [0, 0.1) is 6.92 Å². The maximum atomic E-state index is 3.30. The Bertz CT molecular complexity index is 228. The number of rotatable bonds is 5. The van der Waals surface area contributed by atoms with Crippen molar-refractivity contribution in [3.8, 4) is 0 Å². The van der Waals surface area contributed by atoms with Crippen LogP contribution in [0.4, 0.5) is 5.69 Å². The van der Waals surface area contributed by atoms with Crippen LogP contribution in [0.5, 0.6) is 0 Å². The second-order valence-electron chi connectivity index (χ2n) is 3.22. The number of benzene rings is 1. The van der Waals surface area contributed by atoms with Crippen molar-refractivity contribution >= 4 is 5.69 Å². The average molecular weight is 178 g/mol. The SMILES string of the molecule is CCCNCNc1ccc(C)cc1. The predicted molar refractivity (Wildman–Crippen MR) is 58.0 cm³/mol.